The molecule has 90 valence electrons. The van der Waals surface area contributed by atoms with Gasteiger partial charge in [-0.25, -0.2) is 0 Å². The van der Waals surface area contributed by atoms with Crippen LogP contribution < -0.4 is 5.73 Å². The Morgan fingerprint density at radius 2 is 2.50 bits per heavy atom. The van der Waals surface area contributed by atoms with E-state index in [2.05, 4.69) is 10.1 Å². The molecule has 0 bridgehead atoms. The Labute approximate surface area is 97.5 Å². The number of hydrogen-bond donors (Lipinski definition) is 2. The van der Waals surface area contributed by atoms with Gasteiger partial charge in [-0.15, -0.1) is 0 Å². The maximum atomic E-state index is 9.61. The molecule has 0 spiro atoms. The van der Waals surface area contributed by atoms with Crippen LogP contribution in [0.4, 0.5) is 0 Å². The molecule has 1 aromatic rings. The first kappa shape index (κ1) is 11.8. The molecular formula is C9H15N3O3S. The van der Waals surface area contributed by atoms with Gasteiger partial charge < -0.3 is 20.1 Å². The smallest absolute Gasteiger partial charge is 0.255 e. The lowest BCUT2D eigenvalue weighted by Crippen LogP contribution is -2.17. The Morgan fingerprint density at radius 1 is 1.62 bits per heavy atom. The van der Waals surface area contributed by atoms with Crippen molar-refractivity contribution in [2.45, 2.75) is 18.6 Å². The molecule has 3 N–H and O–H groups in total. The summed E-state index contributed by atoms with van der Waals surface area (Å²) in [6.45, 7) is 1.08. The van der Waals surface area contributed by atoms with Gasteiger partial charge in [-0.2, -0.15) is 16.7 Å². The van der Waals surface area contributed by atoms with Gasteiger partial charge in [0.15, 0.2) is 0 Å². The van der Waals surface area contributed by atoms with Crippen molar-refractivity contribution in [2.75, 3.05) is 24.7 Å². The second kappa shape index (κ2) is 5.62. The van der Waals surface area contributed by atoms with E-state index in [0.717, 1.165) is 11.5 Å². The normalized spacial score (nSPS) is 23.2. The Morgan fingerprint density at radius 3 is 3.19 bits per heavy atom. The molecule has 2 heterocycles. The van der Waals surface area contributed by atoms with Crippen molar-refractivity contribution in [3.8, 4) is 0 Å². The molecule has 0 saturated carbocycles. The number of nitrogens with two attached hydrogens (primary N) is 1. The highest BCUT2D eigenvalue weighted by molar-refractivity contribution is 7.99. The highest BCUT2D eigenvalue weighted by Crippen LogP contribution is 2.25. The van der Waals surface area contributed by atoms with Crippen molar-refractivity contribution >= 4 is 11.8 Å². The van der Waals surface area contributed by atoms with E-state index < -0.39 is 6.10 Å². The number of aliphatic hydroxyl groups excluding tert-OH is 1. The van der Waals surface area contributed by atoms with Gasteiger partial charge in [0.1, 0.15) is 12.2 Å². The molecule has 2 unspecified atom stereocenters. The molecule has 2 rings (SSSR count). The van der Waals surface area contributed by atoms with Crippen LogP contribution in [0, 0.1) is 0 Å². The summed E-state index contributed by atoms with van der Waals surface area (Å²) >= 11 is 1.80. The molecule has 1 aromatic heterocycles. The third-order valence-electron chi connectivity index (χ3n) is 2.29. The first-order valence-electron chi connectivity index (χ1n) is 5.22. The molecule has 1 fully saturated rings. The monoisotopic (exact) mass is 245 g/mol. The summed E-state index contributed by atoms with van der Waals surface area (Å²) in [6.07, 6.45) is -0.481. The number of ether oxygens (including phenoxy) is 1. The molecule has 1 aliphatic rings. The molecule has 16 heavy (non-hydrogen) atoms. The molecule has 7 heteroatoms. The lowest BCUT2D eigenvalue weighted by Gasteiger charge is -2.18. The van der Waals surface area contributed by atoms with Gasteiger partial charge >= 0.3 is 0 Å². The number of aliphatic hydroxyl groups is 1. The van der Waals surface area contributed by atoms with Gasteiger partial charge in [-0.1, -0.05) is 5.16 Å². The molecule has 0 aliphatic carbocycles. The summed E-state index contributed by atoms with van der Waals surface area (Å²) in [4.78, 5) is 4.13. The van der Waals surface area contributed by atoms with Crippen LogP contribution in [0.3, 0.4) is 0 Å². The number of thioether (sulfide) groups is 1. The minimum Gasteiger partial charge on any atom is -0.383 e. The van der Waals surface area contributed by atoms with Gasteiger partial charge in [0.05, 0.1) is 6.61 Å². The van der Waals surface area contributed by atoms with E-state index in [1.165, 1.54) is 0 Å². The summed E-state index contributed by atoms with van der Waals surface area (Å²) in [5, 5.41) is 13.4. The summed E-state index contributed by atoms with van der Waals surface area (Å²) < 4.78 is 10.5. The van der Waals surface area contributed by atoms with Crippen molar-refractivity contribution < 1.29 is 14.4 Å². The fraction of sp³-hybridized carbons (Fsp3) is 0.778. The van der Waals surface area contributed by atoms with Gasteiger partial charge in [-0.05, 0) is 13.0 Å². The van der Waals surface area contributed by atoms with Gasteiger partial charge in [-0.3, -0.25) is 0 Å². The molecule has 1 aliphatic heterocycles. The third kappa shape index (κ3) is 2.73. The fourth-order valence-corrected chi connectivity index (χ4v) is 2.27. The van der Waals surface area contributed by atoms with Crippen LogP contribution in [0.1, 0.15) is 30.3 Å². The number of rotatable bonds is 4. The molecular weight excluding hydrogens is 230 g/mol. The van der Waals surface area contributed by atoms with Gasteiger partial charge in [0.2, 0.25) is 5.82 Å². The first-order chi connectivity index (χ1) is 7.81. The molecule has 6 nitrogen and oxygen atoms in total. The van der Waals surface area contributed by atoms with Crippen LogP contribution >= 0.6 is 11.8 Å². The Bertz CT molecular complexity index is 328. The maximum Gasteiger partial charge on any atom is 0.255 e. The first-order valence-corrected chi connectivity index (χ1v) is 6.37. The zero-order valence-corrected chi connectivity index (χ0v) is 9.65. The second-order valence-corrected chi connectivity index (χ2v) is 4.67. The van der Waals surface area contributed by atoms with Crippen LogP contribution in [0.25, 0.3) is 0 Å². The quantitative estimate of drug-likeness (QED) is 0.785. The summed E-state index contributed by atoms with van der Waals surface area (Å²) in [7, 11) is 0. The predicted octanol–water partition coefficient (Wildman–Crippen LogP) is 0.256. The average Bonchev–Trinajstić information content (AvgIpc) is 2.80. The number of aromatic nitrogens is 2. The van der Waals surface area contributed by atoms with Gasteiger partial charge in [0, 0.05) is 11.5 Å². The highest BCUT2D eigenvalue weighted by atomic mass is 32.2. The van der Waals surface area contributed by atoms with E-state index in [0.29, 0.717) is 25.4 Å². The van der Waals surface area contributed by atoms with Crippen LogP contribution in [-0.4, -0.2) is 39.9 Å². The Kier molecular flexibility index (Phi) is 4.16. The lowest BCUT2D eigenvalue weighted by molar-refractivity contribution is 0.0676. The summed E-state index contributed by atoms with van der Waals surface area (Å²) in [5.74, 6) is 2.56. The zero-order valence-electron chi connectivity index (χ0n) is 8.83. The van der Waals surface area contributed by atoms with Crippen LogP contribution in [0.2, 0.25) is 0 Å². The summed E-state index contributed by atoms with van der Waals surface area (Å²) in [5.41, 5.74) is 5.34. The number of hydrogen-bond acceptors (Lipinski definition) is 7. The van der Waals surface area contributed by atoms with E-state index in [1.807, 2.05) is 0 Å². The maximum absolute atomic E-state index is 9.61. The Hall–Kier alpha value is -0.630. The van der Waals surface area contributed by atoms with E-state index in [4.69, 9.17) is 15.0 Å². The van der Waals surface area contributed by atoms with Crippen molar-refractivity contribution in [2.24, 2.45) is 5.73 Å². The minimum atomic E-state index is -0.775. The van der Waals surface area contributed by atoms with Crippen molar-refractivity contribution in [1.82, 2.24) is 10.1 Å². The molecule has 0 aromatic carbocycles. The van der Waals surface area contributed by atoms with Gasteiger partial charge in [0.25, 0.3) is 5.89 Å². The predicted molar refractivity (Wildman–Crippen MR) is 58.9 cm³/mol. The fourth-order valence-electron chi connectivity index (χ4n) is 1.43. The second-order valence-electron chi connectivity index (χ2n) is 3.52. The topological polar surface area (TPSA) is 94.4 Å². The summed E-state index contributed by atoms with van der Waals surface area (Å²) in [6, 6.07) is 0. The SMILES string of the molecule is NCCC(O)c1nc(C2CSCCO2)no1. The zero-order chi connectivity index (χ0) is 11.4. The van der Waals surface area contributed by atoms with E-state index in [1.54, 1.807) is 11.8 Å². The van der Waals surface area contributed by atoms with E-state index in [-0.39, 0.29) is 12.0 Å². The van der Waals surface area contributed by atoms with Crippen molar-refractivity contribution in [3.63, 3.8) is 0 Å². The third-order valence-corrected chi connectivity index (χ3v) is 3.28. The molecule has 1 saturated heterocycles. The highest BCUT2D eigenvalue weighted by Gasteiger charge is 2.24. The standard InChI is InChI=1S/C9H15N3O3S/c10-2-1-6(13)9-11-8(12-15-9)7-5-16-4-3-14-7/h6-7,13H,1-5,10H2. The molecule has 2 atom stereocenters. The van der Waals surface area contributed by atoms with E-state index in [9.17, 15) is 5.11 Å². The average molecular weight is 245 g/mol. The van der Waals surface area contributed by atoms with Crippen LogP contribution in [0.5, 0.6) is 0 Å². The van der Waals surface area contributed by atoms with E-state index >= 15 is 0 Å². The number of nitrogens with zero attached hydrogens (tertiary/aromatic N) is 2. The van der Waals surface area contributed by atoms with Crippen LogP contribution in [-0.2, 0) is 4.74 Å². The molecule has 0 radical (unpaired) electrons. The largest absolute Gasteiger partial charge is 0.383 e. The molecule has 0 amide bonds. The van der Waals surface area contributed by atoms with Crippen molar-refractivity contribution in [3.05, 3.63) is 11.7 Å². The van der Waals surface area contributed by atoms with Crippen molar-refractivity contribution in [1.29, 1.82) is 0 Å². The minimum absolute atomic E-state index is 0.124. The van der Waals surface area contributed by atoms with Crippen LogP contribution in [0.15, 0.2) is 4.52 Å². The lowest BCUT2D eigenvalue weighted by atomic mass is 10.2. The Balaban J connectivity index is 2.00.